The van der Waals surface area contributed by atoms with E-state index in [4.69, 9.17) is 0 Å². The van der Waals surface area contributed by atoms with Gasteiger partial charge in [-0.1, -0.05) is 12.1 Å². The third-order valence-corrected chi connectivity index (χ3v) is 2.61. The number of phenols is 1. The standard InChI is InChI=1S/C12H16N2O/c1-14(2)7-6-9-8-13-12-10(9)4-3-5-11(12)15/h3-5,8,13,15H,6-7H2,1-2H3. The molecule has 2 N–H and O–H groups in total. The van der Waals surface area contributed by atoms with Crippen molar-refractivity contribution in [1.29, 1.82) is 0 Å². The van der Waals surface area contributed by atoms with Crippen LogP contribution < -0.4 is 0 Å². The largest absolute Gasteiger partial charge is 0.506 e. The molecule has 0 aliphatic rings. The first-order valence-corrected chi connectivity index (χ1v) is 5.11. The van der Waals surface area contributed by atoms with Crippen LogP contribution in [0.3, 0.4) is 0 Å². The highest BCUT2D eigenvalue weighted by atomic mass is 16.3. The summed E-state index contributed by atoms with van der Waals surface area (Å²) in [6.45, 7) is 1.02. The highest BCUT2D eigenvalue weighted by molar-refractivity contribution is 5.88. The molecule has 0 unspecified atom stereocenters. The van der Waals surface area contributed by atoms with E-state index in [1.54, 1.807) is 6.07 Å². The number of hydrogen-bond acceptors (Lipinski definition) is 2. The third kappa shape index (κ3) is 1.97. The summed E-state index contributed by atoms with van der Waals surface area (Å²) in [5.74, 6) is 0.323. The molecule has 0 aliphatic heterocycles. The fourth-order valence-corrected chi connectivity index (χ4v) is 1.75. The second kappa shape index (κ2) is 3.95. The van der Waals surface area contributed by atoms with Crippen molar-refractivity contribution in [3.8, 4) is 5.75 Å². The van der Waals surface area contributed by atoms with Crippen molar-refractivity contribution in [3.63, 3.8) is 0 Å². The van der Waals surface area contributed by atoms with E-state index in [1.807, 2.05) is 18.3 Å². The Balaban J connectivity index is 2.33. The normalized spacial score (nSPS) is 11.4. The van der Waals surface area contributed by atoms with Crippen LogP contribution in [0, 0.1) is 0 Å². The SMILES string of the molecule is CN(C)CCc1c[nH]c2c(O)cccc12. The number of nitrogens with zero attached hydrogens (tertiary/aromatic N) is 1. The number of benzene rings is 1. The molecule has 1 aromatic heterocycles. The molecule has 1 heterocycles. The zero-order valence-corrected chi connectivity index (χ0v) is 9.12. The van der Waals surface area contributed by atoms with E-state index in [9.17, 15) is 5.11 Å². The molecule has 1 aromatic carbocycles. The first kappa shape index (κ1) is 10.1. The Morgan fingerprint density at radius 2 is 2.13 bits per heavy atom. The molecule has 3 nitrogen and oxygen atoms in total. The summed E-state index contributed by atoms with van der Waals surface area (Å²) < 4.78 is 0. The molecular formula is C12H16N2O. The van der Waals surface area contributed by atoms with Crippen molar-refractivity contribution < 1.29 is 5.11 Å². The molecule has 0 amide bonds. The molecule has 0 saturated carbocycles. The van der Waals surface area contributed by atoms with Crippen LogP contribution in [0.25, 0.3) is 10.9 Å². The molecule has 2 aromatic rings. The van der Waals surface area contributed by atoms with E-state index in [1.165, 1.54) is 5.56 Å². The minimum atomic E-state index is 0.323. The summed E-state index contributed by atoms with van der Waals surface area (Å²) in [4.78, 5) is 5.27. The number of fused-ring (bicyclic) bond motifs is 1. The van der Waals surface area contributed by atoms with Gasteiger partial charge in [-0.2, -0.15) is 0 Å². The highest BCUT2D eigenvalue weighted by Crippen LogP contribution is 2.26. The Labute approximate surface area is 89.3 Å². The van der Waals surface area contributed by atoms with Gasteiger partial charge in [0, 0.05) is 18.1 Å². The fourth-order valence-electron chi connectivity index (χ4n) is 1.75. The summed E-state index contributed by atoms with van der Waals surface area (Å²) in [5, 5.41) is 10.7. The van der Waals surface area contributed by atoms with Gasteiger partial charge in [0.1, 0.15) is 5.75 Å². The number of H-pyrrole nitrogens is 1. The van der Waals surface area contributed by atoms with E-state index in [0.29, 0.717) is 5.75 Å². The Morgan fingerprint density at radius 1 is 1.33 bits per heavy atom. The Hall–Kier alpha value is -1.48. The van der Waals surface area contributed by atoms with Gasteiger partial charge in [0.05, 0.1) is 5.52 Å². The van der Waals surface area contributed by atoms with Gasteiger partial charge in [-0.05, 0) is 32.1 Å². The lowest BCUT2D eigenvalue weighted by Gasteiger charge is -2.08. The number of likely N-dealkylation sites (N-methyl/N-ethyl adjacent to an activating group) is 1. The summed E-state index contributed by atoms with van der Waals surface area (Å²) in [6.07, 6.45) is 2.98. The molecule has 80 valence electrons. The van der Waals surface area contributed by atoms with Crippen LogP contribution in [-0.4, -0.2) is 35.6 Å². The topological polar surface area (TPSA) is 39.3 Å². The summed E-state index contributed by atoms with van der Waals surface area (Å²) >= 11 is 0. The van der Waals surface area contributed by atoms with Crippen LogP contribution in [0.5, 0.6) is 5.75 Å². The molecule has 15 heavy (non-hydrogen) atoms. The predicted octanol–water partition coefficient (Wildman–Crippen LogP) is 1.98. The summed E-state index contributed by atoms with van der Waals surface area (Å²) in [6, 6.07) is 5.62. The molecule has 0 radical (unpaired) electrons. The number of phenolic OH excluding ortho intramolecular Hbond substituents is 1. The lowest BCUT2D eigenvalue weighted by atomic mass is 10.1. The maximum absolute atomic E-state index is 9.62. The number of nitrogens with one attached hydrogen (secondary N) is 1. The first-order chi connectivity index (χ1) is 7.18. The fraction of sp³-hybridized carbons (Fsp3) is 0.333. The summed E-state index contributed by atoms with van der Waals surface area (Å²) in [7, 11) is 4.12. The average Bonchev–Trinajstić information content (AvgIpc) is 2.59. The average molecular weight is 204 g/mol. The zero-order chi connectivity index (χ0) is 10.8. The second-order valence-corrected chi connectivity index (χ2v) is 4.07. The molecule has 0 atom stereocenters. The van der Waals surface area contributed by atoms with E-state index < -0.39 is 0 Å². The predicted molar refractivity (Wildman–Crippen MR) is 62.2 cm³/mol. The first-order valence-electron chi connectivity index (χ1n) is 5.11. The van der Waals surface area contributed by atoms with Gasteiger partial charge >= 0.3 is 0 Å². The van der Waals surface area contributed by atoms with Gasteiger partial charge in [-0.15, -0.1) is 0 Å². The van der Waals surface area contributed by atoms with Crippen molar-refractivity contribution in [2.24, 2.45) is 0 Å². The van der Waals surface area contributed by atoms with E-state index in [-0.39, 0.29) is 0 Å². The molecule has 0 saturated heterocycles. The van der Waals surface area contributed by atoms with Gasteiger partial charge in [-0.25, -0.2) is 0 Å². The minimum Gasteiger partial charge on any atom is -0.506 e. The van der Waals surface area contributed by atoms with Crippen LogP contribution in [0.2, 0.25) is 0 Å². The van der Waals surface area contributed by atoms with Crippen molar-refractivity contribution in [3.05, 3.63) is 30.0 Å². The third-order valence-electron chi connectivity index (χ3n) is 2.61. The van der Waals surface area contributed by atoms with Crippen molar-refractivity contribution in [1.82, 2.24) is 9.88 Å². The van der Waals surface area contributed by atoms with E-state index in [0.717, 1.165) is 23.9 Å². The van der Waals surface area contributed by atoms with E-state index in [2.05, 4.69) is 24.0 Å². The molecule has 2 rings (SSSR count). The summed E-state index contributed by atoms with van der Waals surface area (Å²) in [5.41, 5.74) is 2.10. The zero-order valence-electron chi connectivity index (χ0n) is 9.12. The molecule has 0 fully saturated rings. The molecule has 0 spiro atoms. The number of hydrogen-bond donors (Lipinski definition) is 2. The van der Waals surface area contributed by atoms with Crippen molar-refractivity contribution in [2.45, 2.75) is 6.42 Å². The molecule has 3 heteroatoms. The van der Waals surface area contributed by atoms with E-state index >= 15 is 0 Å². The van der Waals surface area contributed by atoms with Gasteiger partial charge < -0.3 is 15.0 Å². The quantitative estimate of drug-likeness (QED) is 0.802. The number of aromatic amines is 1. The van der Waals surface area contributed by atoms with Gasteiger partial charge in [0.25, 0.3) is 0 Å². The maximum Gasteiger partial charge on any atom is 0.139 e. The number of rotatable bonds is 3. The number of aromatic nitrogens is 1. The lowest BCUT2D eigenvalue weighted by Crippen LogP contribution is -2.14. The number of para-hydroxylation sites is 1. The molecule has 0 aliphatic carbocycles. The van der Waals surface area contributed by atoms with Crippen molar-refractivity contribution in [2.75, 3.05) is 20.6 Å². The lowest BCUT2D eigenvalue weighted by molar-refractivity contribution is 0.414. The van der Waals surface area contributed by atoms with Crippen LogP contribution in [-0.2, 0) is 6.42 Å². The monoisotopic (exact) mass is 204 g/mol. The van der Waals surface area contributed by atoms with Gasteiger partial charge in [0.15, 0.2) is 0 Å². The Bertz CT molecular complexity index is 460. The maximum atomic E-state index is 9.62. The Kier molecular flexibility index (Phi) is 2.64. The van der Waals surface area contributed by atoms with Crippen LogP contribution in [0.15, 0.2) is 24.4 Å². The minimum absolute atomic E-state index is 0.323. The Morgan fingerprint density at radius 3 is 2.87 bits per heavy atom. The second-order valence-electron chi connectivity index (χ2n) is 4.07. The van der Waals surface area contributed by atoms with Gasteiger partial charge in [-0.3, -0.25) is 0 Å². The smallest absolute Gasteiger partial charge is 0.139 e. The highest BCUT2D eigenvalue weighted by Gasteiger charge is 2.06. The molecule has 0 bridgehead atoms. The van der Waals surface area contributed by atoms with Crippen LogP contribution >= 0.6 is 0 Å². The van der Waals surface area contributed by atoms with Gasteiger partial charge in [0.2, 0.25) is 0 Å². The van der Waals surface area contributed by atoms with Crippen LogP contribution in [0.1, 0.15) is 5.56 Å². The molecular weight excluding hydrogens is 188 g/mol. The van der Waals surface area contributed by atoms with Crippen molar-refractivity contribution >= 4 is 10.9 Å². The van der Waals surface area contributed by atoms with Crippen LogP contribution in [0.4, 0.5) is 0 Å². The number of aromatic hydroxyl groups is 1.